The largest absolute Gasteiger partial charge is 0.465 e. The fraction of sp³-hybridized carbons (Fsp3) is 0.200. The molecule has 1 aliphatic heterocycles. The van der Waals surface area contributed by atoms with Gasteiger partial charge in [0, 0.05) is 18.1 Å². The summed E-state index contributed by atoms with van der Waals surface area (Å²) < 4.78 is 97.0. The summed E-state index contributed by atoms with van der Waals surface area (Å²) in [6.07, 6.45) is 1.31. The molecule has 0 aliphatic carbocycles. The normalized spacial score (nSPS) is 16.4. The molecule has 0 bridgehead atoms. The third-order valence-electron chi connectivity index (χ3n) is 5.23. The number of fused-ring (bicyclic) bond motifs is 1. The summed E-state index contributed by atoms with van der Waals surface area (Å²) in [5.74, 6) is -14.0. The lowest BCUT2D eigenvalue weighted by molar-refractivity contribution is 0.140. The Morgan fingerprint density at radius 1 is 1.03 bits per heavy atom. The average Bonchev–Trinajstić information content (AvgIpc) is 3.28. The molecule has 1 aliphatic rings. The Labute approximate surface area is 183 Å². The van der Waals surface area contributed by atoms with Gasteiger partial charge in [0.2, 0.25) is 34.8 Å². The summed E-state index contributed by atoms with van der Waals surface area (Å²) in [4.78, 5) is 16.3. The number of carboxylic acid groups (broad SMARTS) is 1. The van der Waals surface area contributed by atoms with Crippen LogP contribution in [-0.2, 0) is 10.1 Å². The topological polar surface area (TPSA) is 96.8 Å². The van der Waals surface area contributed by atoms with Crippen molar-refractivity contribution in [3.63, 3.8) is 0 Å². The van der Waals surface area contributed by atoms with E-state index >= 15 is 0 Å². The lowest BCUT2D eigenvalue weighted by Gasteiger charge is -2.22. The number of rotatable bonds is 4. The summed E-state index contributed by atoms with van der Waals surface area (Å²) >= 11 is 0. The predicted octanol–water partition coefficient (Wildman–Crippen LogP) is 4.51. The summed E-state index contributed by atoms with van der Waals surface area (Å²) in [6, 6.07) is 4.20. The van der Waals surface area contributed by atoms with Crippen LogP contribution < -0.4 is 4.18 Å². The Balaban J connectivity index is 1.75. The van der Waals surface area contributed by atoms with Crippen LogP contribution in [0.25, 0.3) is 10.8 Å². The molecule has 1 amide bonds. The van der Waals surface area contributed by atoms with E-state index in [4.69, 9.17) is 0 Å². The first kappa shape index (κ1) is 22.7. The van der Waals surface area contributed by atoms with Gasteiger partial charge in [0.25, 0.3) is 0 Å². The molecule has 1 N–H and O–H groups in total. The second-order valence-corrected chi connectivity index (χ2v) is 8.70. The molecule has 1 atom stereocenters. The van der Waals surface area contributed by atoms with E-state index in [2.05, 4.69) is 9.17 Å². The number of pyridine rings is 1. The number of amides is 1. The molecule has 0 saturated carbocycles. The van der Waals surface area contributed by atoms with E-state index in [1.807, 2.05) is 0 Å². The Morgan fingerprint density at radius 3 is 2.30 bits per heavy atom. The van der Waals surface area contributed by atoms with E-state index in [0.29, 0.717) is 30.5 Å². The lowest BCUT2D eigenvalue weighted by atomic mass is 10.0. The van der Waals surface area contributed by atoms with E-state index in [1.165, 1.54) is 23.2 Å². The van der Waals surface area contributed by atoms with E-state index < -0.39 is 62.0 Å². The van der Waals surface area contributed by atoms with Gasteiger partial charge in [-0.1, -0.05) is 6.07 Å². The zero-order valence-corrected chi connectivity index (χ0v) is 17.2. The molecule has 2 aromatic carbocycles. The first-order chi connectivity index (χ1) is 15.5. The number of hydrogen-bond acceptors (Lipinski definition) is 5. The molecule has 174 valence electrons. The molecule has 1 saturated heterocycles. The van der Waals surface area contributed by atoms with Gasteiger partial charge in [-0.25, -0.2) is 18.0 Å². The van der Waals surface area contributed by atoms with Crippen LogP contribution >= 0.6 is 0 Å². The SMILES string of the molecule is O=C(O)N1CCCC1c1nccc2cc(S(=O)(=O)Oc3c(F)c(F)c(F)c(F)c3F)ccc12. The quantitative estimate of drug-likeness (QED) is 0.251. The molecule has 3 aromatic rings. The Bertz CT molecular complexity index is 1370. The van der Waals surface area contributed by atoms with Crippen molar-refractivity contribution in [3.8, 4) is 5.75 Å². The zero-order chi connectivity index (χ0) is 24.1. The minimum Gasteiger partial charge on any atom is -0.465 e. The van der Waals surface area contributed by atoms with Crippen molar-refractivity contribution in [1.82, 2.24) is 9.88 Å². The minimum absolute atomic E-state index is 0.277. The van der Waals surface area contributed by atoms with Crippen LogP contribution in [-0.4, -0.2) is 36.0 Å². The second-order valence-electron chi connectivity index (χ2n) is 7.15. The first-order valence-electron chi connectivity index (χ1n) is 9.37. The van der Waals surface area contributed by atoms with Gasteiger partial charge >= 0.3 is 16.2 Å². The second kappa shape index (κ2) is 8.14. The van der Waals surface area contributed by atoms with Gasteiger partial charge in [-0.05, 0) is 36.4 Å². The summed E-state index contributed by atoms with van der Waals surface area (Å²) in [5, 5.41) is 10.1. The molecule has 1 unspecified atom stereocenters. The molecule has 1 aromatic heterocycles. The standard InChI is InChI=1S/C20H13F5N2O5S/c21-13-14(22)16(24)19(17(25)15(13)23)32-33(30,31)10-3-4-11-9(8-10)5-6-26-18(11)12-2-1-7-27(12)20(28)29/h3-6,8,12H,1-2,7H2,(H,28,29). The monoisotopic (exact) mass is 488 g/mol. The number of benzene rings is 2. The van der Waals surface area contributed by atoms with Gasteiger partial charge in [0.15, 0.2) is 0 Å². The van der Waals surface area contributed by atoms with Crippen LogP contribution in [0.4, 0.5) is 26.7 Å². The van der Waals surface area contributed by atoms with Gasteiger partial charge in [-0.3, -0.25) is 9.88 Å². The maximum atomic E-state index is 13.9. The zero-order valence-electron chi connectivity index (χ0n) is 16.4. The highest BCUT2D eigenvalue weighted by Crippen LogP contribution is 2.36. The minimum atomic E-state index is -5.01. The number of hydrogen-bond donors (Lipinski definition) is 1. The number of nitrogens with zero attached hydrogens (tertiary/aromatic N) is 2. The van der Waals surface area contributed by atoms with Crippen LogP contribution in [0.5, 0.6) is 5.75 Å². The smallest absolute Gasteiger partial charge is 0.407 e. The first-order valence-corrected chi connectivity index (χ1v) is 10.8. The number of aromatic nitrogens is 1. The van der Waals surface area contributed by atoms with Gasteiger partial charge < -0.3 is 9.29 Å². The Morgan fingerprint density at radius 2 is 1.67 bits per heavy atom. The lowest BCUT2D eigenvalue weighted by Crippen LogP contribution is -2.29. The van der Waals surface area contributed by atoms with Crippen molar-refractivity contribution in [2.75, 3.05) is 6.54 Å². The van der Waals surface area contributed by atoms with Crippen molar-refractivity contribution in [2.24, 2.45) is 0 Å². The van der Waals surface area contributed by atoms with Crippen molar-refractivity contribution in [2.45, 2.75) is 23.8 Å². The molecular formula is C20H13F5N2O5S. The van der Waals surface area contributed by atoms with Crippen LogP contribution in [0.1, 0.15) is 24.6 Å². The van der Waals surface area contributed by atoms with Gasteiger partial charge in [0.05, 0.1) is 11.7 Å². The van der Waals surface area contributed by atoms with E-state index in [0.717, 1.165) is 12.1 Å². The molecule has 13 heteroatoms. The van der Waals surface area contributed by atoms with E-state index in [9.17, 15) is 40.3 Å². The van der Waals surface area contributed by atoms with Crippen molar-refractivity contribution in [3.05, 3.63) is 65.2 Å². The number of likely N-dealkylation sites (tertiary alicyclic amines) is 1. The maximum Gasteiger partial charge on any atom is 0.407 e. The molecule has 1 fully saturated rings. The van der Waals surface area contributed by atoms with E-state index in [1.54, 1.807) is 0 Å². The average molecular weight is 488 g/mol. The van der Waals surface area contributed by atoms with Crippen molar-refractivity contribution < 1.29 is 44.5 Å². The molecule has 0 radical (unpaired) electrons. The molecule has 4 rings (SSSR count). The van der Waals surface area contributed by atoms with Crippen LogP contribution in [0.15, 0.2) is 35.4 Å². The molecular weight excluding hydrogens is 475 g/mol. The molecule has 7 nitrogen and oxygen atoms in total. The fourth-order valence-electron chi connectivity index (χ4n) is 3.70. The molecule has 2 heterocycles. The van der Waals surface area contributed by atoms with Crippen LogP contribution in [0, 0.1) is 29.1 Å². The van der Waals surface area contributed by atoms with E-state index in [-0.39, 0.29) is 5.39 Å². The van der Waals surface area contributed by atoms with Gasteiger partial charge in [-0.2, -0.15) is 17.2 Å². The predicted molar refractivity (Wildman–Crippen MR) is 102 cm³/mol. The Kier molecular flexibility index (Phi) is 5.60. The van der Waals surface area contributed by atoms with Crippen LogP contribution in [0.2, 0.25) is 0 Å². The van der Waals surface area contributed by atoms with Crippen molar-refractivity contribution in [1.29, 1.82) is 0 Å². The Hall–Kier alpha value is -3.48. The van der Waals surface area contributed by atoms with Crippen LogP contribution in [0.3, 0.4) is 0 Å². The third-order valence-corrected chi connectivity index (χ3v) is 6.45. The maximum absolute atomic E-state index is 13.9. The summed E-state index contributed by atoms with van der Waals surface area (Å²) in [6.45, 7) is 0.306. The highest BCUT2D eigenvalue weighted by Gasteiger charge is 2.33. The highest BCUT2D eigenvalue weighted by atomic mass is 32.2. The fourth-order valence-corrected chi connectivity index (χ4v) is 4.66. The summed E-state index contributed by atoms with van der Waals surface area (Å²) in [7, 11) is -5.01. The highest BCUT2D eigenvalue weighted by molar-refractivity contribution is 7.87. The molecule has 33 heavy (non-hydrogen) atoms. The van der Waals surface area contributed by atoms with Gasteiger partial charge in [-0.15, -0.1) is 0 Å². The number of carbonyl (C=O) groups is 1. The van der Waals surface area contributed by atoms with Gasteiger partial charge in [0.1, 0.15) is 4.90 Å². The summed E-state index contributed by atoms with van der Waals surface area (Å²) in [5.41, 5.74) is 0.386. The third kappa shape index (κ3) is 3.81. The van der Waals surface area contributed by atoms with Crippen molar-refractivity contribution >= 4 is 27.0 Å². The molecule has 0 spiro atoms. The number of halogens is 5.